The molecule has 102 valence electrons. The normalized spacial score (nSPS) is 11.7. The number of benzene rings is 1. The average Bonchev–Trinajstić information content (AvgIpc) is 2.95. The van der Waals surface area contributed by atoms with Crippen LogP contribution in [0.15, 0.2) is 41.8 Å². The van der Waals surface area contributed by atoms with E-state index in [9.17, 15) is 0 Å². The Morgan fingerprint density at radius 2 is 1.74 bits per heavy atom. The van der Waals surface area contributed by atoms with Crippen LogP contribution in [-0.4, -0.2) is 10.7 Å². The van der Waals surface area contributed by atoms with Gasteiger partial charge in [0.2, 0.25) is 0 Å². The first-order valence-corrected chi connectivity index (χ1v) is 9.54. The van der Waals surface area contributed by atoms with Crippen LogP contribution in [0.3, 0.4) is 0 Å². The summed E-state index contributed by atoms with van der Waals surface area (Å²) in [4.78, 5) is 1.47. The van der Waals surface area contributed by atoms with Crippen LogP contribution in [0.5, 0.6) is 0 Å². The van der Waals surface area contributed by atoms with Crippen molar-refractivity contribution in [1.29, 1.82) is 0 Å². The molecular formula is C16H18Br2S. The Labute approximate surface area is 136 Å². The first kappa shape index (κ1) is 15.3. The molecule has 1 aromatic carbocycles. The van der Waals surface area contributed by atoms with E-state index in [0.717, 1.165) is 23.5 Å². The molecule has 0 bridgehead atoms. The molecule has 3 heteroatoms. The number of thiophene rings is 1. The summed E-state index contributed by atoms with van der Waals surface area (Å²) in [6.45, 7) is 2.14. The quantitative estimate of drug-likeness (QED) is 0.543. The Balaban J connectivity index is 2.19. The zero-order chi connectivity index (χ0) is 13.7. The number of rotatable bonds is 6. The first-order chi connectivity index (χ1) is 9.20. The lowest BCUT2D eigenvalue weighted by Gasteiger charge is -2.31. The molecule has 0 nitrogen and oxygen atoms in total. The van der Waals surface area contributed by atoms with Gasteiger partial charge in [-0.2, -0.15) is 0 Å². The Hall–Kier alpha value is -0.120. The smallest absolute Gasteiger partial charge is 0.0150 e. The number of halogens is 2. The van der Waals surface area contributed by atoms with Crippen LogP contribution >= 0.6 is 43.2 Å². The van der Waals surface area contributed by atoms with E-state index < -0.39 is 0 Å². The molecule has 2 rings (SSSR count). The van der Waals surface area contributed by atoms with Crippen molar-refractivity contribution in [1.82, 2.24) is 0 Å². The predicted molar refractivity (Wildman–Crippen MR) is 93.1 cm³/mol. The molecule has 0 aliphatic rings. The molecule has 2 aromatic rings. The van der Waals surface area contributed by atoms with Gasteiger partial charge < -0.3 is 0 Å². The molecule has 0 aliphatic heterocycles. The molecule has 0 atom stereocenters. The maximum atomic E-state index is 3.73. The molecule has 19 heavy (non-hydrogen) atoms. The van der Waals surface area contributed by atoms with Gasteiger partial charge in [0.25, 0.3) is 0 Å². The van der Waals surface area contributed by atoms with Crippen molar-refractivity contribution in [3.05, 3.63) is 57.8 Å². The van der Waals surface area contributed by atoms with E-state index in [-0.39, 0.29) is 5.41 Å². The van der Waals surface area contributed by atoms with Crippen LogP contribution in [0.4, 0.5) is 0 Å². The summed E-state index contributed by atoms with van der Waals surface area (Å²) < 4.78 is 0. The van der Waals surface area contributed by atoms with Crippen LogP contribution in [0.25, 0.3) is 0 Å². The highest BCUT2D eigenvalue weighted by atomic mass is 79.9. The van der Waals surface area contributed by atoms with E-state index in [1.807, 2.05) is 11.3 Å². The fraction of sp³-hybridized carbons (Fsp3) is 0.375. The lowest BCUT2D eigenvalue weighted by Crippen LogP contribution is -2.30. The predicted octanol–water partition coefficient (Wildman–Crippen LogP) is 5.72. The van der Waals surface area contributed by atoms with Gasteiger partial charge >= 0.3 is 0 Å². The summed E-state index contributed by atoms with van der Waals surface area (Å²) in [5, 5.41) is 4.13. The van der Waals surface area contributed by atoms with Gasteiger partial charge in [0.05, 0.1) is 0 Å². The summed E-state index contributed by atoms with van der Waals surface area (Å²) in [6, 6.07) is 13.3. The van der Waals surface area contributed by atoms with Gasteiger partial charge in [-0.05, 0) is 36.8 Å². The molecule has 0 radical (unpaired) electrons. The Morgan fingerprint density at radius 1 is 1.05 bits per heavy atom. The second kappa shape index (κ2) is 7.05. The maximum Gasteiger partial charge on any atom is 0.0150 e. The van der Waals surface area contributed by atoms with Crippen LogP contribution in [0.2, 0.25) is 0 Å². The topological polar surface area (TPSA) is 0 Å². The summed E-state index contributed by atoms with van der Waals surface area (Å²) in [5.41, 5.74) is 2.92. The van der Waals surface area contributed by atoms with Crippen LogP contribution in [0, 0.1) is 6.92 Å². The molecule has 0 saturated heterocycles. The number of alkyl halides is 2. The first-order valence-electron chi connectivity index (χ1n) is 6.42. The van der Waals surface area contributed by atoms with Crippen LogP contribution in [-0.2, 0) is 11.8 Å². The van der Waals surface area contributed by atoms with Gasteiger partial charge in [-0.3, -0.25) is 0 Å². The maximum absolute atomic E-state index is 3.73. The van der Waals surface area contributed by atoms with Crippen molar-refractivity contribution < 1.29 is 0 Å². The lowest BCUT2D eigenvalue weighted by atomic mass is 9.80. The Morgan fingerprint density at radius 3 is 2.26 bits per heavy atom. The summed E-state index contributed by atoms with van der Waals surface area (Å²) >= 11 is 9.30. The van der Waals surface area contributed by atoms with Gasteiger partial charge in [-0.1, -0.05) is 67.8 Å². The van der Waals surface area contributed by atoms with Gasteiger partial charge in [0.15, 0.2) is 0 Å². The molecule has 0 unspecified atom stereocenters. The molecule has 0 saturated carbocycles. The number of aryl methyl sites for hydroxylation is 2. The van der Waals surface area contributed by atoms with Gasteiger partial charge in [-0.25, -0.2) is 0 Å². The summed E-state index contributed by atoms with van der Waals surface area (Å²) in [7, 11) is 0. The third-order valence-electron chi connectivity index (χ3n) is 3.61. The SMILES string of the molecule is Cc1ccc(C(CBr)(CBr)CCc2cccs2)cc1. The molecule has 0 amide bonds. The van der Waals surface area contributed by atoms with E-state index in [2.05, 4.69) is 80.6 Å². The summed E-state index contributed by atoms with van der Waals surface area (Å²) in [6.07, 6.45) is 2.30. The fourth-order valence-corrected chi connectivity index (χ4v) is 5.04. The highest BCUT2D eigenvalue weighted by Crippen LogP contribution is 2.34. The van der Waals surface area contributed by atoms with Crippen LogP contribution < -0.4 is 0 Å². The third kappa shape index (κ3) is 3.71. The van der Waals surface area contributed by atoms with Crippen molar-refractivity contribution in [2.75, 3.05) is 10.7 Å². The number of hydrogen-bond acceptors (Lipinski definition) is 1. The zero-order valence-corrected chi connectivity index (χ0v) is 15.0. The lowest BCUT2D eigenvalue weighted by molar-refractivity contribution is 0.507. The Kier molecular flexibility index (Phi) is 5.67. The highest BCUT2D eigenvalue weighted by molar-refractivity contribution is 9.09. The zero-order valence-electron chi connectivity index (χ0n) is 11.0. The van der Waals surface area contributed by atoms with Crippen molar-refractivity contribution in [2.45, 2.75) is 25.2 Å². The fourth-order valence-electron chi connectivity index (χ4n) is 2.19. The second-order valence-electron chi connectivity index (χ2n) is 4.99. The van der Waals surface area contributed by atoms with Crippen molar-refractivity contribution in [3.63, 3.8) is 0 Å². The largest absolute Gasteiger partial charge is 0.149 e. The van der Waals surface area contributed by atoms with E-state index in [4.69, 9.17) is 0 Å². The van der Waals surface area contributed by atoms with Gasteiger partial charge in [0, 0.05) is 21.0 Å². The standard InChI is InChI=1S/C16H18Br2S/c1-13-4-6-14(7-5-13)16(11-17,12-18)9-8-15-3-2-10-19-15/h2-7,10H,8-9,11-12H2,1H3. The minimum absolute atomic E-state index is 0.178. The van der Waals surface area contributed by atoms with Crippen molar-refractivity contribution in [2.24, 2.45) is 0 Å². The minimum Gasteiger partial charge on any atom is -0.149 e. The molecule has 0 N–H and O–H groups in total. The third-order valence-corrected chi connectivity index (χ3v) is 6.69. The molecular weight excluding hydrogens is 384 g/mol. The summed E-state index contributed by atoms with van der Waals surface area (Å²) in [5.74, 6) is 0. The monoisotopic (exact) mass is 400 g/mol. The van der Waals surface area contributed by atoms with Gasteiger partial charge in [-0.15, -0.1) is 11.3 Å². The average molecular weight is 402 g/mol. The minimum atomic E-state index is 0.178. The van der Waals surface area contributed by atoms with E-state index >= 15 is 0 Å². The molecule has 0 fully saturated rings. The van der Waals surface area contributed by atoms with E-state index in [0.29, 0.717) is 0 Å². The van der Waals surface area contributed by atoms with E-state index in [1.54, 1.807) is 0 Å². The second-order valence-corrected chi connectivity index (χ2v) is 7.15. The van der Waals surface area contributed by atoms with Crippen molar-refractivity contribution in [3.8, 4) is 0 Å². The number of hydrogen-bond donors (Lipinski definition) is 0. The Bertz CT molecular complexity index is 484. The molecule has 0 aliphatic carbocycles. The van der Waals surface area contributed by atoms with E-state index in [1.165, 1.54) is 16.0 Å². The van der Waals surface area contributed by atoms with Crippen molar-refractivity contribution >= 4 is 43.2 Å². The molecule has 0 spiro atoms. The molecule has 1 aromatic heterocycles. The van der Waals surface area contributed by atoms with Gasteiger partial charge in [0.1, 0.15) is 0 Å². The highest BCUT2D eigenvalue weighted by Gasteiger charge is 2.29. The van der Waals surface area contributed by atoms with Crippen LogP contribution in [0.1, 0.15) is 22.4 Å². The molecule has 1 heterocycles.